The maximum Gasteiger partial charge on any atom is 0.355 e. The van der Waals surface area contributed by atoms with Gasteiger partial charge in [0, 0.05) is 24.9 Å². The first-order chi connectivity index (χ1) is 14.2. The molecule has 2 aromatic rings. The van der Waals surface area contributed by atoms with Crippen molar-refractivity contribution >= 4 is 29.3 Å². The van der Waals surface area contributed by atoms with E-state index in [1.54, 1.807) is 52.0 Å². The van der Waals surface area contributed by atoms with Crippen molar-refractivity contribution in [1.82, 2.24) is 9.88 Å². The number of aromatic nitrogens is 1. The third-order valence-electron chi connectivity index (χ3n) is 4.91. The van der Waals surface area contributed by atoms with E-state index >= 15 is 0 Å². The summed E-state index contributed by atoms with van der Waals surface area (Å²) in [4.78, 5) is 43.1. The molecule has 1 amide bonds. The first-order valence-corrected chi connectivity index (χ1v) is 10.1. The molecule has 0 saturated carbocycles. The molecule has 1 N–H and O–H groups in total. The Morgan fingerprint density at radius 3 is 2.47 bits per heavy atom. The van der Waals surface area contributed by atoms with Gasteiger partial charge in [0.1, 0.15) is 5.69 Å². The molecule has 0 saturated heterocycles. The Labute approximate surface area is 181 Å². The lowest BCUT2D eigenvalue weighted by molar-refractivity contribution is 0.0518. The number of benzene rings is 1. The second-order valence-corrected chi connectivity index (χ2v) is 7.26. The number of aryl methyl sites for hydroxylation is 1. The molecule has 0 fully saturated rings. The number of hydrogen-bond donors (Lipinski definition) is 1. The molecule has 162 valence electrons. The lowest BCUT2D eigenvalue weighted by Crippen LogP contribution is -2.45. The molecule has 1 aromatic carbocycles. The molecule has 8 heteroatoms. The van der Waals surface area contributed by atoms with E-state index in [1.165, 1.54) is 12.0 Å². The second kappa shape index (κ2) is 10.4. The minimum atomic E-state index is -0.799. The fraction of sp³-hybridized carbons (Fsp3) is 0.409. The number of nitrogens with zero attached hydrogens (tertiary/aromatic N) is 1. The van der Waals surface area contributed by atoms with Crippen LogP contribution in [0.2, 0.25) is 5.02 Å². The molecule has 0 aliphatic carbocycles. The van der Waals surface area contributed by atoms with Crippen LogP contribution in [0.3, 0.4) is 0 Å². The summed E-state index contributed by atoms with van der Waals surface area (Å²) in [6.45, 7) is 7.46. The number of carbonyl (C=O) groups is 3. The maximum absolute atomic E-state index is 13.4. The minimum absolute atomic E-state index is 0.209. The zero-order valence-corrected chi connectivity index (χ0v) is 18.6. The van der Waals surface area contributed by atoms with Crippen molar-refractivity contribution in [2.45, 2.75) is 33.7 Å². The van der Waals surface area contributed by atoms with Crippen molar-refractivity contribution in [2.75, 3.05) is 26.9 Å². The van der Waals surface area contributed by atoms with Crippen LogP contribution in [0.5, 0.6) is 0 Å². The molecule has 0 unspecified atom stereocenters. The number of aromatic amines is 1. The van der Waals surface area contributed by atoms with Gasteiger partial charge in [0.05, 0.1) is 29.8 Å². The monoisotopic (exact) mass is 434 g/mol. The fourth-order valence-electron chi connectivity index (χ4n) is 3.33. The number of halogens is 1. The van der Waals surface area contributed by atoms with E-state index < -0.39 is 12.0 Å². The number of H-pyrrole nitrogens is 1. The van der Waals surface area contributed by atoms with Crippen LogP contribution in [0.25, 0.3) is 0 Å². The molecule has 0 bridgehead atoms. The van der Waals surface area contributed by atoms with Crippen LogP contribution in [-0.2, 0) is 9.47 Å². The van der Waals surface area contributed by atoms with E-state index in [4.69, 9.17) is 21.1 Å². The van der Waals surface area contributed by atoms with Crippen LogP contribution in [-0.4, -0.2) is 60.5 Å². The Bertz CT molecular complexity index is 938. The molecule has 0 aliphatic rings. The van der Waals surface area contributed by atoms with Crippen molar-refractivity contribution in [1.29, 1.82) is 0 Å². The summed E-state index contributed by atoms with van der Waals surface area (Å²) in [7, 11) is 1.52. The van der Waals surface area contributed by atoms with E-state index in [1.807, 2.05) is 0 Å². The van der Waals surface area contributed by atoms with E-state index in [0.29, 0.717) is 27.4 Å². The van der Waals surface area contributed by atoms with Crippen molar-refractivity contribution in [2.24, 2.45) is 0 Å². The number of ketones is 1. The van der Waals surface area contributed by atoms with E-state index in [9.17, 15) is 14.4 Å². The number of amides is 1. The number of hydrogen-bond acceptors (Lipinski definition) is 5. The molecule has 1 atom stereocenters. The topological polar surface area (TPSA) is 88.7 Å². The first-order valence-electron chi connectivity index (χ1n) is 9.69. The zero-order valence-electron chi connectivity index (χ0n) is 17.9. The van der Waals surface area contributed by atoms with Gasteiger partial charge in [-0.25, -0.2) is 4.79 Å². The summed E-state index contributed by atoms with van der Waals surface area (Å²) in [6.07, 6.45) is 0. The smallest absolute Gasteiger partial charge is 0.355 e. The van der Waals surface area contributed by atoms with Crippen LogP contribution in [0.15, 0.2) is 24.3 Å². The highest BCUT2D eigenvalue weighted by atomic mass is 35.5. The summed E-state index contributed by atoms with van der Waals surface area (Å²) < 4.78 is 10.2. The van der Waals surface area contributed by atoms with Gasteiger partial charge in [0.15, 0.2) is 5.78 Å². The molecule has 7 nitrogen and oxygen atoms in total. The third kappa shape index (κ3) is 4.91. The predicted octanol–water partition coefficient (Wildman–Crippen LogP) is 3.82. The Balaban J connectivity index is 2.40. The molecular formula is C22H27ClN2O5. The highest BCUT2D eigenvalue weighted by molar-refractivity contribution is 6.33. The quantitative estimate of drug-likeness (QED) is 0.478. The van der Waals surface area contributed by atoms with Crippen LogP contribution < -0.4 is 0 Å². The highest BCUT2D eigenvalue weighted by Crippen LogP contribution is 2.24. The molecule has 2 rings (SSSR count). The van der Waals surface area contributed by atoms with Gasteiger partial charge in [0.2, 0.25) is 0 Å². The summed E-state index contributed by atoms with van der Waals surface area (Å²) in [6, 6.07) is 5.89. The van der Waals surface area contributed by atoms with Gasteiger partial charge in [-0.3, -0.25) is 9.59 Å². The average Bonchev–Trinajstić information content (AvgIpc) is 3.02. The largest absolute Gasteiger partial charge is 0.461 e. The van der Waals surface area contributed by atoms with Gasteiger partial charge >= 0.3 is 5.97 Å². The van der Waals surface area contributed by atoms with Crippen LogP contribution >= 0.6 is 11.6 Å². The number of rotatable bonds is 9. The summed E-state index contributed by atoms with van der Waals surface area (Å²) >= 11 is 6.20. The number of carbonyl (C=O) groups excluding carboxylic acids is 3. The molecular weight excluding hydrogens is 408 g/mol. The summed E-state index contributed by atoms with van der Waals surface area (Å²) in [5.41, 5.74) is 1.97. The lowest BCUT2D eigenvalue weighted by Gasteiger charge is -2.29. The lowest BCUT2D eigenvalue weighted by atomic mass is 9.99. The maximum atomic E-state index is 13.4. The van der Waals surface area contributed by atoms with Crippen LogP contribution in [0.1, 0.15) is 56.3 Å². The average molecular weight is 435 g/mol. The van der Waals surface area contributed by atoms with Gasteiger partial charge in [-0.2, -0.15) is 0 Å². The van der Waals surface area contributed by atoms with Crippen LogP contribution in [0.4, 0.5) is 0 Å². The standard InChI is InChI=1S/C22H27ClN2O5/c1-6-30-22(28)19-13(2)18(14(3)24-19)20(26)15(4)25(11-12-29-5)21(27)16-9-7-8-10-17(16)23/h7-10,15,24H,6,11-12H2,1-5H3/t15-/m0/s1. The van der Waals surface area contributed by atoms with Crippen molar-refractivity contribution in [3.8, 4) is 0 Å². The number of Topliss-reactive ketones (excluding diaryl/α,β-unsaturated/α-hetero) is 1. The van der Waals surface area contributed by atoms with Crippen LogP contribution in [0, 0.1) is 13.8 Å². The molecule has 1 heterocycles. The molecule has 0 aliphatic heterocycles. The Morgan fingerprint density at radius 1 is 1.20 bits per heavy atom. The highest BCUT2D eigenvalue weighted by Gasteiger charge is 2.32. The SMILES string of the molecule is CCOC(=O)c1[nH]c(C)c(C(=O)[C@H](C)N(CCOC)C(=O)c2ccccc2Cl)c1C. The molecule has 30 heavy (non-hydrogen) atoms. The van der Waals surface area contributed by atoms with Gasteiger partial charge in [-0.05, 0) is 45.4 Å². The van der Waals surface area contributed by atoms with E-state index in [2.05, 4.69) is 4.98 Å². The van der Waals surface area contributed by atoms with Gasteiger partial charge in [-0.15, -0.1) is 0 Å². The van der Waals surface area contributed by atoms with Crippen molar-refractivity contribution in [3.63, 3.8) is 0 Å². The predicted molar refractivity (Wildman–Crippen MR) is 114 cm³/mol. The van der Waals surface area contributed by atoms with Gasteiger partial charge < -0.3 is 19.4 Å². The zero-order chi connectivity index (χ0) is 22.4. The van der Waals surface area contributed by atoms with E-state index in [0.717, 1.165) is 0 Å². The van der Waals surface area contributed by atoms with Crippen molar-refractivity contribution in [3.05, 3.63) is 57.4 Å². The Morgan fingerprint density at radius 2 is 1.87 bits per heavy atom. The second-order valence-electron chi connectivity index (χ2n) is 6.86. The minimum Gasteiger partial charge on any atom is -0.461 e. The molecule has 0 radical (unpaired) electrons. The molecule has 0 spiro atoms. The van der Waals surface area contributed by atoms with Crippen molar-refractivity contribution < 1.29 is 23.9 Å². The Kier molecular flexibility index (Phi) is 8.20. The third-order valence-corrected chi connectivity index (χ3v) is 5.24. The van der Waals surface area contributed by atoms with Gasteiger partial charge in [-0.1, -0.05) is 23.7 Å². The van der Waals surface area contributed by atoms with Gasteiger partial charge in [0.25, 0.3) is 5.91 Å². The number of ether oxygens (including phenoxy) is 2. The summed E-state index contributed by atoms with van der Waals surface area (Å²) in [5, 5.41) is 0.308. The number of nitrogens with one attached hydrogen (secondary N) is 1. The van der Waals surface area contributed by atoms with E-state index in [-0.39, 0.29) is 37.1 Å². The fourth-order valence-corrected chi connectivity index (χ4v) is 3.54. The first kappa shape index (κ1) is 23.6. The number of methoxy groups -OCH3 is 1. The Hall–Kier alpha value is -2.64. The summed E-state index contributed by atoms with van der Waals surface area (Å²) in [5.74, 6) is -1.17. The molecule has 1 aromatic heterocycles. The normalized spacial score (nSPS) is 11.8. The number of esters is 1.